The van der Waals surface area contributed by atoms with Crippen LogP contribution in [0.2, 0.25) is 0 Å². The van der Waals surface area contributed by atoms with Gasteiger partial charge in [0.05, 0.1) is 16.8 Å². The summed E-state index contributed by atoms with van der Waals surface area (Å²) in [6, 6.07) is 4.45. The Kier molecular flexibility index (Phi) is 7.68. The molecule has 2 heterocycles. The molecule has 0 saturated heterocycles. The van der Waals surface area contributed by atoms with Crippen LogP contribution in [0.15, 0.2) is 18.2 Å². The Bertz CT molecular complexity index is 1030. The average molecular weight is 449 g/mol. The van der Waals surface area contributed by atoms with E-state index in [4.69, 9.17) is 0 Å². The van der Waals surface area contributed by atoms with Gasteiger partial charge in [0.15, 0.2) is 0 Å². The van der Waals surface area contributed by atoms with E-state index in [1.54, 1.807) is 31.1 Å². The van der Waals surface area contributed by atoms with E-state index < -0.39 is 0 Å². The predicted molar refractivity (Wildman–Crippen MR) is 125 cm³/mol. The van der Waals surface area contributed by atoms with Gasteiger partial charge < -0.3 is 19.7 Å². The number of nitrogens with zero attached hydrogens (tertiary/aromatic N) is 3. The molecule has 0 bridgehead atoms. The number of hydrogen-bond donors (Lipinski definition) is 1. The van der Waals surface area contributed by atoms with Crippen LogP contribution < -0.4 is 4.90 Å². The van der Waals surface area contributed by atoms with Gasteiger partial charge in [0.2, 0.25) is 0 Å². The molecule has 0 unspecified atom stereocenters. The summed E-state index contributed by atoms with van der Waals surface area (Å²) in [5.74, 6) is -0.632. The maximum absolute atomic E-state index is 14.0. The van der Waals surface area contributed by atoms with Gasteiger partial charge in [-0.25, -0.2) is 4.39 Å². The van der Waals surface area contributed by atoms with E-state index in [-0.39, 0.29) is 30.0 Å². The molecular weight excluding hydrogens is 419 g/mol. The fraction of sp³-hybridized carbons (Fsp3) is 0.391. The number of rotatable bonds is 6. The number of aromatic amines is 1. The number of benzene rings is 1. The Morgan fingerprint density at radius 2 is 1.87 bits per heavy atom. The van der Waals surface area contributed by atoms with E-state index in [0.29, 0.717) is 28.9 Å². The number of carbonyl (C=O) groups is 2. The van der Waals surface area contributed by atoms with Crippen LogP contribution in [0.4, 0.5) is 10.1 Å². The quantitative estimate of drug-likeness (QED) is 0.685. The molecule has 1 aliphatic heterocycles. The van der Waals surface area contributed by atoms with Gasteiger partial charge in [-0.05, 0) is 70.7 Å². The molecule has 0 fully saturated rings. The van der Waals surface area contributed by atoms with E-state index >= 15 is 0 Å². The van der Waals surface area contributed by atoms with Crippen LogP contribution in [-0.4, -0.2) is 67.9 Å². The van der Waals surface area contributed by atoms with Crippen molar-refractivity contribution < 1.29 is 14.0 Å². The molecule has 2 amide bonds. The lowest BCUT2D eigenvalue weighted by Crippen LogP contribution is -2.29. The predicted octanol–water partition coefficient (Wildman–Crippen LogP) is 3.73. The Labute approximate surface area is 189 Å². The number of amides is 2. The first-order chi connectivity index (χ1) is 14.1. The second-order valence-electron chi connectivity index (χ2n) is 8.20. The summed E-state index contributed by atoms with van der Waals surface area (Å²) in [5, 5.41) is 0. The van der Waals surface area contributed by atoms with Crippen LogP contribution >= 0.6 is 12.4 Å². The third-order valence-electron chi connectivity index (χ3n) is 5.39. The van der Waals surface area contributed by atoms with Crippen molar-refractivity contribution in [3.05, 3.63) is 52.1 Å². The highest BCUT2D eigenvalue weighted by Crippen LogP contribution is 2.38. The highest BCUT2D eigenvalue weighted by Gasteiger charge is 2.33. The molecule has 1 aromatic heterocycles. The van der Waals surface area contributed by atoms with Gasteiger partial charge in [-0.2, -0.15) is 0 Å². The minimum Gasteiger partial charge on any atom is -0.358 e. The van der Waals surface area contributed by atoms with Crippen molar-refractivity contribution in [2.45, 2.75) is 20.3 Å². The number of aromatic nitrogens is 1. The first-order valence-electron chi connectivity index (χ1n) is 10.0. The second kappa shape index (κ2) is 9.66. The summed E-state index contributed by atoms with van der Waals surface area (Å²) in [4.78, 5) is 34.3. The van der Waals surface area contributed by atoms with Crippen molar-refractivity contribution in [2.24, 2.45) is 0 Å². The van der Waals surface area contributed by atoms with Crippen molar-refractivity contribution in [1.29, 1.82) is 0 Å². The van der Waals surface area contributed by atoms with Gasteiger partial charge in [-0.1, -0.05) is 0 Å². The summed E-state index contributed by atoms with van der Waals surface area (Å²) in [6.45, 7) is 5.10. The second-order valence-corrected chi connectivity index (χ2v) is 8.20. The van der Waals surface area contributed by atoms with Crippen molar-refractivity contribution >= 4 is 41.6 Å². The van der Waals surface area contributed by atoms with Crippen molar-refractivity contribution in [2.75, 3.05) is 46.2 Å². The molecule has 1 aromatic carbocycles. The van der Waals surface area contributed by atoms with Crippen molar-refractivity contribution in [1.82, 2.24) is 14.8 Å². The van der Waals surface area contributed by atoms with E-state index in [9.17, 15) is 14.0 Å². The maximum atomic E-state index is 14.0. The lowest BCUT2D eigenvalue weighted by molar-refractivity contribution is -0.113. The topological polar surface area (TPSA) is 59.7 Å². The van der Waals surface area contributed by atoms with Gasteiger partial charge in [0.25, 0.3) is 11.8 Å². The number of fused-ring (bicyclic) bond motifs is 1. The van der Waals surface area contributed by atoms with E-state index in [2.05, 4.69) is 9.88 Å². The summed E-state index contributed by atoms with van der Waals surface area (Å²) in [5.41, 5.74) is 4.53. The maximum Gasteiger partial charge on any atom is 0.259 e. The molecule has 0 saturated carbocycles. The van der Waals surface area contributed by atoms with E-state index in [1.807, 2.05) is 27.9 Å². The molecule has 3 rings (SSSR count). The number of halogens is 2. The van der Waals surface area contributed by atoms with Crippen LogP contribution in [-0.2, 0) is 4.79 Å². The van der Waals surface area contributed by atoms with Gasteiger partial charge >= 0.3 is 0 Å². The average Bonchev–Trinajstić information content (AvgIpc) is 3.08. The van der Waals surface area contributed by atoms with Crippen LogP contribution in [0.3, 0.4) is 0 Å². The third kappa shape index (κ3) is 4.83. The number of hydrogen-bond acceptors (Lipinski definition) is 3. The molecule has 0 atom stereocenters. The van der Waals surface area contributed by atoms with E-state index in [1.165, 1.54) is 17.0 Å². The molecule has 0 aliphatic carbocycles. The molecule has 6 nitrogen and oxygen atoms in total. The zero-order chi connectivity index (χ0) is 22.2. The minimum absolute atomic E-state index is 0. The molecule has 31 heavy (non-hydrogen) atoms. The molecule has 2 aromatic rings. The molecule has 1 N–H and O–H groups in total. The summed E-state index contributed by atoms with van der Waals surface area (Å²) >= 11 is 0. The van der Waals surface area contributed by atoms with Crippen LogP contribution in [0.1, 0.15) is 39.3 Å². The molecule has 168 valence electrons. The molecular formula is C23H30ClFN4O2. The Hall–Kier alpha value is -2.64. The smallest absolute Gasteiger partial charge is 0.259 e. The van der Waals surface area contributed by atoms with Crippen molar-refractivity contribution in [3.8, 4) is 0 Å². The molecule has 8 heteroatoms. The first kappa shape index (κ1) is 24.6. The normalized spacial score (nSPS) is 14.3. The van der Waals surface area contributed by atoms with Gasteiger partial charge in [0, 0.05) is 37.6 Å². The van der Waals surface area contributed by atoms with Crippen molar-refractivity contribution in [3.63, 3.8) is 0 Å². The Balaban J connectivity index is 0.00000341. The monoisotopic (exact) mass is 448 g/mol. The summed E-state index contributed by atoms with van der Waals surface area (Å²) in [6.07, 6.45) is 2.55. The highest BCUT2D eigenvalue weighted by atomic mass is 35.5. The Morgan fingerprint density at radius 1 is 1.19 bits per heavy atom. The fourth-order valence-corrected chi connectivity index (χ4v) is 3.84. The lowest BCUT2D eigenvalue weighted by atomic mass is 10.0. The van der Waals surface area contributed by atoms with Gasteiger partial charge in [-0.15, -0.1) is 12.4 Å². The minimum atomic E-state index is -0.384. The lowest BCUT2D eigenvalue weighted by Gasteiger charge is -2.18. The summed E-state index contributed by atoms with van der Waals surface area (Å²) < 4.78 is 14.0. The van der Waals surface area contributed by atoms with Crippen LogP contribution in [0.5, 0.6) is 0 Å². The standard InChI is InChI=1S/C23H29FN4O2.ClH/c1-14-19(25-15(2)21(14)23(30)27(5)6)13-18-17-12-16(24)8-9-20(17)28(22(18)29)11-7-10-26(3)4;/h8-9,12-13,25H,7,10-11H2,1-6H3;1H/b18-13-;. The fourth-order valence-electron chi connectivity index (χ4n) is 3.84. The molecule has 0 radical (unpaired) electrons. The van der Waals surface area contributed by atoms with Crippen LogP contribution in [0.25, 0.3) is 11.6 Å². The number of carbonyl (C=O) groups excluding carboxylic acids is 2. The first-order valence-corrected chi connectivity index (χ1v) is 10.0. The SMILES string of the molecule is Cc1[nH]c(/C=C2\C(=O)N(CCCN(C)C)c3ccc(F)cc32)c(C)c1C(=O)N(C)C.Cl. The third-order valence-corrected chi connectivity index (χ3v) is 5.39. The van der Waals surface area contributed by atoms with E-state index in [0.717, 1.165) is 29.9 Å². The number of anilines is 1. The van der Waals surface area contributed by atoms with Gasteiger partial charge in [0.1, 0.15) is 5.82 Å². The largest absolute Gasteiger partial charge is 0.358 e. The molecule has 0 spiro atoms. The molecule has 1 aliphatic rings. The number of aryl methyl sites for hydroxylation is 1. The highest BCUT2D eigenvalue weighted by molar-refractivity contribution is 6.35. The zero-order valence-corrected chi connectivity index (χ0v) is 19.7. The zero-order valence-electron chi connectivity index (χ0n) is 18.9. The summed E-state index contributed by atoms with van der Waals surface area (Å²) in [7, 11) is 7.39. The number of H-pyrrole nitrogens is 1. The Morgan fingerprint density at radius 3 is 2.48 bits per heavy atom. The number of nitrogens with one attached hydrogen (secondary N) is 1. The van der Waals surface area contributed by atoms with Gasteiger partial charge in [-0.3, -0.25) is 9.59 Å². The van der Waals surface area contributed by atoms with Crippen LogP contribution in [0, 0.1) is 19.7 Å².